The van der Waals surface area contributed by atoms with Gasteiger partial charge in [0, 0.05) is 23.8 Å². The Labute approximate surface area is 112 Å². The summed E-state index contributed by atoms with van der Waals surface area (Å²) in [4.78, 5) is 5.97. The van der Waals surface area contributed by atoms with Crippen molar-refractivity contribution in [3.63, 3.8) is 0 Å². The Morgan fingerprint density at radius 3 is 2.78 bits per heavy atom. The van der Waals surface area contributed by atoms with Gasteiger partial charge in [-0.2, -0.15) is 13.2 Å². The monoisotopic (exact) mass is 322 g/mol. The number of hydrogen-bond acceptors (Lipinski definition) is 2. The highest BCUT2D eigenvalue weighted by Crippen LogP contribution is 2.35. The number of halogens is 4. The molecule has 1 aromatic rings. The number of pyridine rings is 1. The molecule has 2 heterocycles. The molecule has 0 bridgehead atoms. The van der Waals surface area contributed by atoms with Crippen LogP contribution < -0.4 is 4.90 Å². The molecule has 0 amide bonds. The van der Waals surface area contributed by atoms with Gasteiger partial charge < -0.3 is 4.90 Å². The largest absolute Gasteiger partial charge is 0.393 e. The second-order valence-electron chi connectivity index (χ2n) is 4.62. The minimum atomic E-state index is -4.11. The van der Waals surface area contributed by atoms with E-state index in [0.717, 1.165) is 10.0 Å². The number of aryl methyl sites for hydroxylation is 1. The van der Waals surface area contributed by atoms with Crippen molar-refractivity contribution < 1.29 is 13.2 Å². The SMILES string of the molecule is Cc1cc(Br)cnc1N1CCCC(C(F)(F)F)C1. The molecular weight excluding hydrogens is 309 g/mol. The van der Waals surface area contributed by atoms with Gasteiger partial charge in [-0.15, -0.1) is 0 Å². The molecule has 1 aliphatic heterocycles. The van der Waals surface area contributed by atoms with Crippen molar-refractivity contribution in [2.24, 2.45) is 5.92 Å². The zero-order valence-electron chi connectivity index (χ0n) is 9.97. The fourth-order valence-corrected chi connectivity index (χ4v) is 2.75. The smallest absolute Gasteiger partial charge is 0.356 e. The standard InChI is InChI=1S/C12H14BrF3N2/c1-8-5-10(13)6-17-11(8)18-4-2-3-9(7-18)12(14,15)16/h5-6,9H,2-4,7H2,1H3. The maximum atomic E-state index is 12.7. The molecule has 0 N–H and O–H groups in total. The van der Waals surface area contributed by atoms with Crippen LogP contribution in [0.2, 0.25) is 0 Å². The minimum absolute atomic E-state index is 0.0129. The van der Waals surface area contributed by atoms with Crippen molar-refractivity contribution >= 4 is 21.7 Å². The Kier molecular flexibility index (Phi) is 3.84. The third kappa shape index (κ3) is 2.96. The summed E-state index contributed by atoms with van der Waals surface area (Å²) in [6.07, 6.45) is -1.71. The summed E-state index contributed by atoms with van der Waals surface area (Å²) >= 11 is 3.30. The highest BCUT2D eigenvalue weighted by atomic mass is 79.9. The average Bonchev–Trinajstić information content (AvgIpc) is 2.28. The summed E-state index contributed by atoms with van der Waals surface area (Å²) in [6.45, 7) is 2.52. The van der Waals surface area contributed by atoms with E-state index in [1.54, 1.807) is 11.1 Å². The number of hydrogen-bond donors (Lipinski definition) is 0. The average molecular weight is 323 g/mol. The van der Waals surface area contributed by atoms with Crippen LogP contribution in [0.25, 0.3) is 0 Å². The lowest BCUT2D eigenvalue weighted by atomic mass is 9.97. The maximum Gasteiger partial charge on any atom is 0.393 e. The molecule has 1 aromatic heterocycles. The van der Waals surface area contributed by atoms with Crippen LogP contribution >= 0.6 is 15.9 Å². The molecule has 1 saturated heterocycles. The summed E-state index contributed by atoms with van der Waals surface area (Å²) < 4.78 is 39.1. The lowest BCUT2D eigenvalue weighted by Crippen LogP contribution is -2.42. The number of aromatic nitrogens is 1. The van der Waals surface area contributed by atoms with Crippen LogP contribution in [0.1, 0.15) is 18.4 Å². The molecule has 0 saturated carbocycles. The molecule has 0 aliphatic carbocycles. The van der Waals surface area contributed by atoms with Gasteiger partial charge in [0.25, 0.3) is 0 Å². The Morgan fingerprint density at radius 2 is 2.17 bits per heavy atom. The second kappa shape index (κ2) is 5.07. The molecule has 1 aliphatic rings. The van der Waals surface area contributed by atoms with Gasteiger partial charge in [0.1, 0.15) is 5.82 Å². The van der Waals surface area contributed by atoms with Crippen LogP contribution in [0, 0.1) is 12.8 Å². The first-order valence-corrected chi connectivity index (χ1v) is 6.61. The molecule has 6 heteroatoms. The fraction of sp³-hybridized carbons (Fsp3) is 0.583. The lowest BCUT2D eigenvalue weighted by molar-refractivity contribution is -0.176. The van der Waals surface area contributed by atoms with E-state index in [9.17, 15) is 13.2 Å². The summed E-state index contributed by atoms with van der Waals surface area (Å²) in [5, 5.41) is 0. The third-order valence-electron chi connectivity index (χ3n) is 3.20. The van der Waals surface area contributed by atoms with Crippen molar-refractivity contribution in [1.82, 2.24) is 4.98 Å². The number of anilines is 1. The van der Waals surface area contributed by atoms with Gasteiger partial charge in [0.2, 0.25) is 0 Å². The normalized spacial score (nSPS) is 21.2. The van der Waals surface area contributed by atoms with Gasteiger partial charge in [0.15, 0.2) is 0 Å². The van der Waals surface area contributed by atoms with Crippen molar-refractivity contribution in [2.45, 2.75) is 25.9 Å². The van der Waals surface area contributed by atoms with E-state index in [1.165, 1.54) is 0 Å². The molecule has 2 nitrogen and oxygen atoms in total. The van der Waals surface area contributed by atoms with Gasteiger partial charge in [0.05, 0.1) is 5.92 Å². The topological polar surface area (TPSA) is 16.1 Å². The lowest BCUT2D eigenvalue weighted by Gasteiger charge is -2.35. The minimum Gasteiger partial charge on any atom is -0.356 e. The number of rotatable bonds is 1. The van der Waals surface area contributed by atoms with Gasteiger partial charge in [-0.25, -0.2) is 4.98 Å². The first kappa shape index (κ1) is 13.6. The molecule has 1 atom stereocenters. The molecule has 1 fully saturated rings. The molecule has 100 valence electrons. The molecule has 0 aromatic carbocycles. The van der Waals surface area contributed by atoms with Gasteiger partial charge in [-0.1, -0.05) is 0 Å². The molecule has 1 unspecified atom stereocenters. The van der Waals surface area contributed by atoms with Crippen molar-refractivity contribution in [3.8, 4) is 0 Å². The van der Waals surface area contributed by atoms with Crippen LogP contribution in [-0.2, 0) is 0 Å². The van der Waals surface area contributed by atoms with E-state index in [2.05, 4.69) is 20.9 Å². The first-order valence-electron chi connectivity index (χ1n) is 5.81. The van der Waals surface area contributed by atoms with Gasteiger partial charge >= 0.3 is 6.18 Å². The van der Waals surface area contributed by atoms with Crippen LogP contribution in [0.15, 0.2) is 16.7 Å². The third-order valence-corrected chi connectivity index (χ3v) is 3.63. The van der Waals surface area contributed by atoms with Gasteiger partial charge in [-0.05, 0) is 47.3 Å². The van der Waals surface area contributed by atoms with E-state index in [-0.39, 0.29) is 13.0 Å². The fourth-order valence-electron chi connectivity index (χ4n) is 2.30. The zero-order valence-corrected chi connectivity index (χ0v) is 11.6. The first-order chi connectivity index (χ1) is 8.38. The Hall–Kier alpha value is -0.780. The molecule has 0 radical (unpaired) electrons. The Balaban J connectivity index is 2.18. The predicted octanol–water partition coefficient (Wildman–Crippen LogP) is 3.93. The van der Waals surface area contributed by atoms with Crippen molar-refractivity contribution in [3.05, 3.63) is 22.3 Å². The van der Waals surface area contributed by atoms with Gasteiger partial charge in [-0.3, -0.25) is 0 Å². The highest BCUT2D eigenvalue weighted by molar-refractivity contribution is 9.10. The summed E-state index contributed by atoms with van der Waals surface area (Å²) in [5.41, 5.74) is 0.896. The van der Waals surface area contributed by atoms with Crippen LogP contribution in [-0.4, -0.2) is 24.2 Å². The summed E-state index contributed by atoms with van der Waals surface area (Å²) in [6, 6.07) is 1.87. The summed E-state index contributed by atoms with van der Waals surface area (Å²) in [7, 11) is 0. The highest BCUT2D eigenvalue weighted by Gasteiger charge is 2.42. The Bertz CT molecular complexity index is 434. The van der Waals surface area contributed by atoms with Crippen LogP contribution in [0.4, 0.5) is 19.0 Å². The molecule has 0 spiro atoms. The van der Waals surface area contributed by atoms with E-state index in [4.69, 9.17) is 0 Å². The number of alkyl halides is 3. The number of piperidine rings is 1. The van der Waals surface area contributed by atoms with E-state index < -0.39 is 12.1 Å². The number of nitrogens with zero attached hydrogens (tertiary/aromatic N) is 2. The maximum absolute atomic E-state index is 12.7. The zero-order chi connectivity index (χ0) is 13.3. The molecular formula is C12H14BrF3N2. The van der Waals surface area contributed by atoms with E-state index in [1.807, 2.05) is 13.0 Å². The Morgan fingerprint density at radius 1 is 1.44 bits per heavy atom. The summed E-state index contributed by atoms with van der Waals surface area (Å²) in [5.74, 6) is -0.580. The molecule has 18 heavy (non-hydrogen) atoms. The van der Waals surface area contributed by atoms with Crippen molar-refractivity contribution in [2.75, 3.05) is 18.0 Å². The van der Waals surface area contributed by atoms with E-state index in [0.29, 0.717) is 18.8 Å². The second-order valence-corrected chi connectivity index (χ2v) is 5.54. The quantitative estimate of drug-likeness (QED) is 0.778. The van der Waals surface area contributed by atoms with E-state index >= 15 is 0 Å². The van der Waals surface area contributed by atoms with Crippen LogP contribution in [0.5, 0.6) is 0 Å². The molecule has 2 rings (SSSR count). The predicted molar refractivity (Wildman–Crippen MR) is 67.7 cm³/mol. The van der Waals surface area contributed by atoms with Crippen LogP contribution in [0.3, 0.4) is 0 Å². The van der Waals surface area contributed by atoms with Crippen molar-refractivity contribution in [1.29, 1.82) is 0 Å².